The monoisotopic (exact) mass is 248 g/mol. The number of hydrogen-bond acceptors (Lipinski definition) is 2. The Balaban J connectivity index is 1.81. The Morgan fingerprint density at radius 1 is 1.39 bits per heavy atom. The predicted molar refractivity (Wildman–Crippen MR) is 73.7 cm³/mol. The van der Waals surface area contributed by atoms with Crippen LogP contribution in [-0.4, -0.2) is 17.8 Å². The molecule has 1 heterocycles. The minimum Gasteiger partial charge on any atom is -0.388 e. The molecule has 0 spiro atoms. The van der Waals surface area contributed by atoms with E-state index in [9.17, 15) is 5.11 Å². The summed E-state index contributed by atoms with van der Waals surface area (Å²) in [6.07, 6.45) is 5.47. The third-order valence-electron chi connectivity index (χ3n) is 3.81. The van der Waals surface area contributed by atoms with Crippen molar-refractivity contribution in [1.82, 2.24) is 0 Å². The SMILES string of the molecule is Cc1ccc(C(O)CCCC2CCCO2)c(C)c1. The van der Waals surface area contributed by atoms with Gasteiger partial charge in [0.05, 0.1) is 12.2 Å². The van der Waals surface area contributed by atoms with E-state index in [0.717, 1.165) is 31.4 Å². The van der Waals surface area contributed by atoms with Crippen LogP contribution in [0.3, 0.4) is 0 Å². The lowest BCUT2D eigenvalue weighted by molar-refractivity contribution is 0.0944. The minimum absolute atomic E-state index is 0.327. The summed E-state index contributed by atoms with van der Waals surface area (Å²) in [5, 5.41) is 10.2. The van der Waals surface area contributed by atoms with Gasteiger partial charge in [0.25, 0.3) is 0 Å². The number of rotatable bonds is 5. The molecule has 0 radical (unpaired) electrons. The van der Waals surface area contributed by atoms with Crippen molar-refractivity contribution in [1.29, 1.82) is 0 Å². The van der Waals surface area contributed by atoms with Crippen LogP contribution in [0.5, 0.6) is 0 Å². The highest BCUT2D eigenvalue weighted by Crippen LogP contribution is 2.25. The van der Waals surface area contributed by atoms with Gasteiger partial charge in [0, 0.05) is 6.61 Å². The van der Waals surface area contributed by atoms with Gasteiger partial charge in [0.1, 0.15) is 0 Å². The molecule has 0 saturated carbocycles. The maximum absolute atomic E-state index is 10.2. The van der Waals surface area contributed by atoms with Gasteiger partial charge in [0.15, 0.2) is 0 Å². The molecular formula is C16H24O2. The Morgan fingerprint density at radius 2 is 2.22 bits per heavy atom. The maximum atomic E-state index is 10.2. The van der Waals surface area contributed by atoms with Gasteiger partial charge in [-0.1, -0.05) is 23.8 Å². The fourth-order valence-corrected chi connectivity index (χ4v) is 2.77. The van der Waals surface area contributed by atoms with Gasteiger partial charge < -0.3 is 9.84 Å². The number of ether oxygens (including phenoxy) is 1. The van der Waals surface area contributed by atoms with Crippen molar-refractivity contribution in [3.05, 3.63) is 34.9 Å². The van der Waals surface area contributed by atoms with Crippen LogP contribution in [0.15, 0.2) is 18.2 Å². The van der Waals surface area contributed by atoms with Crippen molar-refractivity contribution in [2.24, 2.45) is 0 Å². The third-order valence-corrected chi connectivity index (χ3v) is 3.81. The first-order valence-corrected chi connectivity index (χ1v) is 7.03. The molecule has 18 heavy (non-hydrogen) atoms. The lowest BCUT2D eigenvalue weighted by atomic mass is 9.97. The second kappa shape index (κ2) is 6.35. The molecule has 2 nitrogen and oxygen atoms in total. The van der Waals surface area contributed by atoms with Gasteiger partial charge in [-0.3, -0.25) is 0 Å². The fraction of sp³-hybridized carbons (Fsp3) is 0.625. The second-order valence-corrected chi connectivity index (χ2v) is 5.44. The molecule has 100 valence electrons. The Hall–Kier alpha value is -0.860. The molecule has 1 N–H and O–H groups in total. The number of aliphatic hydroxyl groups is 1. The molecule has 2 unspecified atom stereocenters. The van der Waals surface area contributed by atoms with Gasteiger partial charge in [-0.05, 0) is 57.1 Å². The fourth-order valence-electron chi connectivity index (χ4n) is 2.77. The first-order chi connectivity index (χ1) is 8.66. The highest BCUT2D eigenvalue weighted by molar-refractivity contribution is 5.31. The van der Waals surface area contributed by atoms with E-state index in [1.807, 2.05) is 0 Å². The van der Waals surface area contributed by atoms with E-state index in [0.29, 0.717) is 6.10 Å². The molecule has 1 fully saturated rings. The second-order valence-electron chi connectivity index (χ2n) is 5.44. The van der Waals surface area contributed by atoms with Gasteiger partial charge in [-0.15, -0.1) is 0 Å². The molecule has 1 aromatic rings. The van der Waals surface area contributed by atoms with Crippen LogP contribution in [0.2, 0.25) is 0 Å². The molecule has 0 amide bonds. The molecule has 0 bridgehead atoms. The quantitative estimate of drug-likeness (QED) is 0.861. The molecular weight excluding hydrogens is 224 g/mol. The molecule has 0 aliphatic carbocycles. The van der Waals surface area contributed by atoms with Crippen molar-refractivity contribution in [3.8, 4) is 0 Å². The average Bonchev–Trinajstić information content (AvgIpc) is 2.81. The highest BCUT2D eigenvalue weighted by Gasteiger charge is 2.16. The van der Waals surface area contributed by atoms with E-state index in [2.05, 4.69) is 32.0 Å². The number of aliphatic hydroxyl groups excluding tert-OH is 1. The molecule has 1 aromatic carbocycles. The van der Waals surface area contributed by atoms with Gasteiger partial charge >= 0.3 is 0 Å². The van der Waals surface area contributed by atoms with Crippen LogP contribution in [0.1, 0.15) is 54.9 Å². The molecule has 1 saturated heterocycles. The van der Waals surface area contributed by atoms with E-state index in [4.69, 9.17) is 4.74 Å². The lowest BCUT2D eigenvalue weighted by Crippen LogP contribution is -2.06. The third kappa shape index (κ3) is 3.56. The summed E-state index contributed by atoms with van der Waals surface area (Å²) in [5.74, 6) is 0. The highest BCUT2D eigenvalue weighted by atomic mass is 16.5. The zero-order chi connectivity index (χ0) is 13.0. The van der Waals surface area contributed by atoms with E-state index < -0.39 is 0 Å². The average molecular weight is 248 g/mol. The van der Waals surface area contributed by atoms with Crippen molar-refractivity contribution in [2.45, 2.75) is 58.2 Å². The molecule has 0 aromatic heterocycles. The van der Waals surface area contributed by atoms with Gasteiger partial charge in [-0.2, -0.15) is 0 Å². The van der Waals surface area contributed by atoms with Crippen LogP contribution < -0.4 is 0 Å². The summed E-state index contributed by atoms with van der Waals surface area (Å²) in [7, 11) is 0. The normalized spacial score (nSPS) is 21.2. The summed E-state index contributed by atoms with van der Waals surface area (Å²) in [5.41, 5.74) is 3.52. The van der Waals surface area contributed by atoms with Crippen LogP contribution in [0.25, 0.3) is 0 Å². The van der Waals surface area contributed by atoms with E-state index in [-0.39, 0.29) is 6.10 Å². The van der Waals surface area contributed by atoms with E-state index in [1.165, 1.54) is 24.0 Å². The zero-order valence-electron chi connectivity index (χ0n) is 11.5. The van der Waals surface area contributed by atoms with Crippen LogP contribution in [0.4, 0.5) is 0 Å². The maximum Gasteiger partial charge on any atom is 0.0792 e. The van der Waals surface area contributed by atoms with Crippen LogP contribution >= 0.6 is 0 Å². The first-order valence-electron chi connectivity index (χ1n) is 7.03. The van der Waals surface area contributed by atoms with Crippen molar-refractivity contribution >= 4 is 0 Å². The summed E-state index contributed by atoms with van der Waals surface area (Å²) in [4.78, 5) is 0. The summed E-state index contributed by atoms with van der Waals surface area (Å²) < 4.78 is 5.60. The summed E-state index contributed by atoms with van der Waals surface area (Å²) >= 11 is 0. The standard InChI is InChI=1S/C16H24O2/c1-12-8-9-15(13(2)11-12)16(17)7-3-5-14-6-4-10-18-14/h8-9,11,14,16-17H,3-7,10H2,1-2H3. The van der Waals surface area contributed by atoms with Gasteiger partial charge in [0.2, 0.25) is 0 Å². The van der Waals surface area contributed by atoms with Crippen LogP contribution in [0, 0.1) is 13.8 Å². The zero-order valence-corrected chi connectivity index (χ0v) is 11.5. The molecule has 2 heteroatoms. The van der Waals surface area contributed by atoms with Crippen molar-refractivity contribution in [2.75, 3.05) is 6.61 Å². The largest absolute Gasteiger partial charge is 0.388 e. The predicted octanol–water partition coefficient (Wildman–Crippen LogP) is 3.69. The van der Waals surface area contributed by atoms with Gasteiger partial charge in [-0.25, -0.2) is 0 Å². The minimum atomic E-state index is -0.327. The lowest BCUT2D eigenvalue weighted by Gasteiger charge is -2.15. The summed E-state index contributed by atoms with van der Waals surface area (Å²) in [6.45, 7) is 5.08. The molecule has 2 atom stereocenters. The Morgan fingerprint density at radius 3 is 2.89 bits per heavy atom. The van der Waals surface area contributed by atoms with Crippen LogP contribution in [-0.2, 0) is 4.74 Å². The number of benzene rings is 1. The topological polar surface area (TPSA) is 29.5 Å². The smallest absolute Gasteiger partial charge is 0.0792 e. The number of aryl methyl sites for hydroxylation is 2. The Labute approximate surface area is 110 Å². The Kier molecular flexibility index (Phi) is 4.79. The molecule has 1 aliphatic heterocycles. The van der Waals surface area contributed by atoms with E-state index >= 15 is 0 Å². The molecule has 2 rings (SSSR count). The molecule has 1 aliphatic rings. The Bertz CT molecular complexity index is 381. The van der Waals surface area contributed by atoms with Crippen molar-refractivity contribution < 1.29 is 9.84 Å². The summed E-state index contributed by atoms with van der Waals surface area (Å²) in [6, 6.07) is 6.27. The number of hydrogen-bond donors (Lipinski definition) is 1. The van der Waals surface area contributed by atoms with E-state index in [1.54, 1.807) is 0 Å². The van der Waals surface area contributed by atoms with Crippen molar-refractivity contribution in [3.63, 3.8) is 0 Å². The first kappa shape index (κ1) is 13.6.